The fourth-order valence-corrected chi connectivity index (χ4v) is 4.65. The van der Waals surface area contributed by atoms with Crippen molar-refractivity contribution in [1.82, 2.24) is 30.1 Å². The van der Waals surface area contributed by atoms with Crippen molar-refractivity contribution in [2.24, 2.45) is 0 Å². The molecule has 11 nitrogen and oxygen atoms in total. The summed E-state index contributed by atoms with van der Waals surface area (Å²) in [6, 6.07) is 4.39. The first-order chi connectivity index (χ1) is 18.1. The van der Waals surface area contributed by atoms with Crippen LogP contribution in [0.2, 0.25) is 0 Å². The van der Waals surface area contributed by atoms with Gasteiger partial charge >= 0.3 is 6.09 Å². The maximum absolute atomic E-state index is 15.1. The van der Waals surface area contributed by atoms with Gasteiger partial charge in [-0.25, -0.2) is 13.9 Å². The minimum atomic E-state index is -0.621. The largest absolute Gasteiger partial charge is 0.474 e. The molecular formula is C25H34FN7O4S. The van der Waals surface area contributed by atoms with Crippen molar-refractivity contribution < 1.29 is 23.5 Å². The molecule has 38 heavy (non-hydrogen) atoms. The first-order valence-electron chi connectivity index (χ1n) is 12.6. The van der Waals surface area contributed by atoms with Gasteiger partial charge in [0.15, 0.2) is 0 Å². The molecule has 3 heterocycles. The minimum Gasteiger partial charge on any atom is -0.474 e. The Balaban J connectivity index is 1.34. The second-order valence-corrected chi connectivity index (χ2v) is 10.7. The van der Waals surface area contributed by atoms with Gasteiger partial charge in [-0.15, -0.1) is 5.10 Å². The summed E-state index contributed by atoms with van der Waals surface area (Å²) in [6.45, 7) is 8.14. The molecule has 0 radical (unpaired) electrons. The maximum atomic E-state index is 15.1. The molecule has 1 aromatic heterocycles. The number of nitrogens with one attached hydrogen (secondary N) is 1. The molecule has 2 aliphatic heterocycles. The summed E-state index contributed by atoms with van der Waals surface area (Å²) in [6.07, 6.45) is 2.61. The second-order valence-electron chi connectivity index (χ2n) is 10.3. The molecule has 13 heteroatoms. The Morgan fingerprint density at radius 1 is 1.18 bits per heavy atom. The van der Waals surface area contributed by atoms with E-state index < -0.39 is 17.7 Å². The topological polar surface area (TPSA) is 105 Å². The number of aromatic nitrogens is 3. The normalized spacial score (nSPS) is 17.9. The molecule has 0 spiro atoms. The van der Waals surface area contributed by atoms with Gasteiger partial charge in [-0.1, -0.05) is 5.21 Å². The van der Waals surface area contributed by atoms with Crippen LogP contribution in [-0.4, -0.2) is 93.4 Å². The lowest BCUT2D eigenvalue weighted by atomic mass is 10.1. The Morgan fingerprint density at radius 3 is 2.58 bits per heavy atom. The number of anilines is 1. The molecule has 2 amide bonds. The summed E-state index contributed by atoms with van der Waals surface area (Å²) < 4.78 is 27.0. The van der Waals surface area contributed by atoms with Crippen LogP contribution >= 0.6 is 12.2 Å². The van der Waals surface area contributed by atoms with E-state index in [1.807, 2.05) is 25.7 Å². The van der Waals surface area contributed by atoms with Crippen molar-refractivity contribution in [3.63, 3.8) is 0 Å². The first kappa shape index (κ1) is 27.6. The van der Waals surface area contributed by atoms with Gasteiger partial charge in [0.1, 0.15) is 23.2 Å². The third-order valence-corrected chi connectivity index (χ3v) is 6.74. The Hall–Kier alpha value is -3.48. The summed E-state index contributed by atoms with van der Waals surface area (Å²) >= 11 is 4.94. The molecule has 2 fully saturated rings. The van der Waals surface area contributed by atoms with E-state index in [2.05, 4.69) is 15.6 Å². The van der Waals surface area contributed by atoms with Crippen LogP contribution < -0.4 is 10.2 Å². The van der Waals surface area contributed by atoms with Crippen LogP contribution in [0.15, 0.2) is 24.4 Å². The highest BCUT2D eigenvalue weighted by molar-refractivity contribution is 7.80. The van der Waals surface area contributed by atoms with Crippen LogP contribution in [0, 0.1) is 5.82 Å². The van der Waals surface area contributed by atoms with E-state index in [4.69, 9.17) is 21.7 Å². The van der Waals surface area contributed by atoms with E-state index in [1.165, 1.54) is 22.8 Å². The minimum absolute atomic E-state index is 0.0773. The van der Waals surface area contributed by atoms with Gasteiger partial charge < -0.3 is 24.6 Å². The smallest absolute Gasteiger partial charge is 0.410 e. The van der Waals surface area contributed by atoms with E-state index in [1.54, 1.807) is 23.2 Å². The molecule has 0 aliphatic carbocycles. The van der Waals surface area contributed by atoms with Crippen LogP contribution in [0.5, 0.6) is 0 Å². The quantitative estimate of drug-likeness (QED) is 0.565. The van der Waals surface area contributed by atoms with E-state index >= 15 is 4.39 Å². The fourth-order valence-electron chi connectivity index (χ4n) is 4.58. The second kappa shape index (κ2) is 11.5. The Morgan fingerprint density at radius 2 is 1.92 bits per heavy atom. The van der Waals surface area contributed by atoms with E-state index in [0.717, 1.165) is 6.42 Å². The summed E-state index contributed by atoms with van der Waals surface area (Å²) in [5, 5.41) is 11.3. The number of nitrogens with zero attached hydrogens (tertiary/aromatic N) is 6. The zero-order valence-electron chi connectivity index (χ0n) is 22.1. The summed E-state index contributed by atoms with van der Waals surface area (Å²) in [5.74, 6) is -0.462. The molecule has 4 rings (SSSR count). The molecular weight excluding hydrogens is 513 g/mol. The lowest BCUT2D eigenvalue weighted by Gasteiger charge is -2.38. The zero-order chi connectivity index (χ0) is 27.4. The summed E-state index contributed by atoms with van der Waals surface area (Å²) in [4.78, 5) is 31.1. The number of hydrogen-bond acceptors (Lipinski definition) is 8. The van der Waals surface area contributed by atoms with Crippen molar-refractivity contribution in [2.45, 2.75) is 51.8 Å². The van der Waals surface area contributed by atoms with Crippen molar-refractivity contribution in [1.29, 1.82) is 0 Å². The van der Waals surface area contributed by atoms with Crippen molar-refractivity contribution in [3.05, 3.63) is 35.9 Å². The van der Waals surface area contributed by atoms with Gasteiger partial charge in [0.2, 0.25) is 5.91 Å². The number of likely N-dealkylation sites (tertiary alicyclic amines) is 1. The molecule has 1 N–H and O–H groups in total. The third kappa shape index (κ3) is 6.50. The average Bonchev–Trinajstić information content (AvgIpc) is 3.56. The van der Waals surface area contributed by atoms with Crippen LogP contribution in [-0.2, 0) is 20.8 Å². The average molecular weight is 548 g/mol. The van der Waals surface area contributed by atoms with Crippen molar-refractivity contribution >= 4 is 35.1 Å². The predicted octanol–water partition coefficient (Wildman–Crippen LogP) is 2.48. The SMILES string of the molecule is COC(=S)NCc1cn(-c2ccc(N3CCN(C(=O)C4CCCN4C(=O)OC(C)(C)C)CC3)c(F)c2)nn1. The fraction of sp³-hybridized carbons (Fsp3) is 0.560. The van der Waals surface area contributed by atoms with Crippen LogP contribution in [0.3, 0.4) is 0 Å². The zero-order valence-corrected chi connectivity index (χ0v) is 23.0. The monoisotopic (exact) mass is 547 g/mol. The van der Waals surface area contributed by atoms with Gasteiger partial charge in [-0.2, -0.15) is 0 Å². The standard InChI is InChI=1S/C25H34FN7O4S/c1-25(2,3)37-24(35)32-9-5-6-21(32)22(34)31-12-10-30(11-13-31)20-8-7-18(14-19(20)26)33-16-17(28-29-33)15-27-23(38)36-4/h7-8,14,16,21H,5-6,9-13,15H2,1-4H3,(H,27,38). The molecule has 206 valence electrons. The van der Waals surface area contributed by atoms with Crippen LogP contribution in [0.1, 0.15) is 39.3 Å². The Bertz CT molecular complexity index is 1180. The van der Waals surface area contributed by atoms with E-state index in [-0.39, 0.29) is 16.9 Å². The summed E-state index contributed by atoms with van der Waals surface area (Å²) in [7, 11) is 1.48. The summed E-state index contributed by atoms with van der Waals surface area (Å²) in [5.41, 5.74) is 1.01. The number of carbonyl (C=O) groups excluding carboxylic acids is 2. The number of benzene rings is 1. The molecule has 2 saturated heterocycles. The van der Waals surface area contributed by atoms with Gasteiger partial charge in [0.05, 0.1) is 31.2 Å². The molecule has 1 unspecified atom stereocenters. The number of hydrogen-bond donors (Lipinski definition) is 1. The van der Waals surface area contributed by atoms with Crippen LogP contribution in [0.25, 0.3) is 5.69 Å². The highest BCUT2D eigenvalue weighted by Crippen LogP contribution is 2.26. The Labute approximate surface area is 226 Å². The maximum Gasteiger partial charge on any atom is 0.410 e. The van der Waals surface area contributed by atoms with Crippen LogP contribution in [0.4, 0.5) is 14.9 Å². The lowest BCUT2D eigenvalue weighted by molar-refractivity contribution is -0.136. The molecule has 2 aromatic rings. The lowest BCUT2D eigenvalue weighted by Crippen LogP contribution is -2.55. The number of halogens is 1. The predicted molar refractivity (Wildman–Crippen MR) is 143 cm³/mol. The van der Waals surface area contributed by atoms with Gasteiger partial charge in [0, 0.05) is 38.8 Å². The van der Waals surface area contributed by atoms with E-state index in [9.17, 15) is 9.59 Å². The number of ether oxygens (including phenoxy) is 2. The van der Waals surface area contributed by atoms with Gasteiger partial charge in [0.25, 0.3) is 5.17 Å². The molecule has 0 bridgehead atoms. The van der Waals surface area contributed by atoms with Gasteiger partial charge in [-0.3, -0.25) is 9.69 Å². The molecule has 1 aromatic carbocycles. The first-order valence-corrected chi connectivity index (χ1v) is 13.0. The molecule has 0 saturated carbocycles. The highest BCUT2D eigenvalue weighted by Gasteiger charge is 2.39. The number of rotatable bonds is 5. The number of amides is 2. The number of methoxy groups -OCH3 is 1. The third-order valence-electron chi connectivity index (χ3n) is 6.43. The van der Waals surface area contributed by atoms with Crippen molar-refractivity contribution in [3.8, 4) is 5.69 Å². The van der Waals surface area contributed by atoms with Crippen molar-refractivity contribution in [2.75, 3.05) is 44.7 Å². The number of thiocarbonyl (C=S) groups is 1. The molecule has 2 aliphatic rings. The number of carbonyl (C=O) groups is 2. The highest BCUT2D eigenvalue weighted by atomic mass is 32.1. The molecule has 1 atom stereocenters. The Kier molecular flexibility index (Phi) is 8.34. The van der Waals surface area contributed by atoms with E-state index in [0.29, 0.717) is 62.8 Å². The number of piperazine rings is 1. The van der Waals surface area contributed by atoms with Gasteiger partial charge in [-0.05, 0) is 58.0 Å².